The zero-order chi connectivity index (χ0) is 17.5. The molecule has 2 N–H and O–H groups in total. The van der Waals surface area contributed by atoms with E-state index in [1.807, 2.05) is 18.2 Å². The summed E-state index contributed by atoms with van der Waals surface area (Å²) in [5.41, 5.74) is 1.60. The third kappa shape index (κ3) is 4.36. The molecule has 0 amide bonds. The van der Waals surface area contributed by atoms with Gasteiger partial charge in [-0.05, 0) is 41.4 Å². The van der Waals surface area contributed by atoms with Gasteiger partial charge in [-0.25, -0.2) is 4.79 Å². The predicted octanol–water partition coefficient (Wildman–Crippen LogP) is 3.04. The number of nitrogens with one attached hydrogen (secondary N) is 2. The van der Waals surface area contributed by atoms with Crippen LogP contribution in [0.5, 0.6) is 11.5 Å². The van der Waals surface area contributed by atoms with E-state index in [0.29, 0.717) is 33.7 Å². The SMILES string of the molecule is COC(=O)c1sccc1NC(=S)NCc1ccc(OC)c(OC)c1. The summed E-state index contributed by atoms with van der Waals surface area (Å²) in [6.45, 7) is 0.504. The fourth-order valence-corrected chi connectivity index (χ4v) is 2.95. The van der Waals surface area contributed by atoms with Crippen molar-refractivity contribution in [2.75, 3.05) is 26.6 Å². The number of carbonyl (C=O) groups is 1. The minimum atomic E-state index is -0.393. The van der Waals surface area contributed by atoms with Crippen LogP contribution >= 0.6 is 23.6 Å². The molecular formula is C16H18N2O4S2. The van der Waals surface area contributed by atoms with Gasteiger partial charge in [-0.3, -0.25) is 0 Å². The van der Waals surface area contributed by atoms with E-state index in [1.54, 1.807) is 25.7 Å². The van der Waals surface area contributed by atoms with Crippen LogP contribution in [0.3, 0.4) is 0 Å². The van der Waals surface area contributed by atoms with E-state index in [9.17, 15) is 4.79 Å². The molecule has 0 aliphatic rings. The van der Waals surface area contributed by atoms with Gasteiger partial charge in [0.25, 0.3) is 0 Å². The van der Waals surface area contributed by atoms with Crippen molar-refractivity contribution < 1.29 is 19.0 Å². The summed E-state index contributed by atoms with van der Waals surface area (Å²) >= 11 is 6.56. The number of rotatable bonds is 6. The number of esters is 1. The Morgan fingerprint density at radius 2 is 1.92 bits per heavy atom. The molecule has 1 heterocycles. The second-order valence-corrected chi connectivity index (χ2v) is 5.98. The zero-order valence-electron chi connectivity index (χ0n) is 13.5. The number of thiophene rings is 1. The topological polar surface area (TPSA) is 68.8 Å². The monoisotopic (exact) mass is 366 g/mol. The highest BCUT2D eigenvalue weighted by molar-refractivity contribution is 7.80. The molecule has 128 valence electrons. The second-order valence-electron chi connectivity index (χ2n) is 4.65. The highest BCUT2D eigenvalue weighted by Crippen LogP contribution is 2.27. The number of hydrogen-bond acceptors (Lipinski definition) is 6. The van der Waals surface area contributed by atoms with E-state index in [2.05, 4.69) is 10.6 Å². The van der Waals surface area contributed by atoms with Gasteiger partial charge >= 0.3 is 5.97 Å². The van der Waals surface area contributed by atoms with Crippen molar-refractivity contribution in [3.8, 4) is 11.5 Å². The lowest BCUT2D eigenvalue weighted by Gasteiger charge is -2.12. The molecule has 0 aliphatic heterocycles. The van der Waals surface area contributed by atoms with Crippen LogP contribution in [0.4, 0.5) is 5.69 Å². The van der Waals surface area contributed by atoms with Gasteiger partial charge in [-0.2, -0.15) is 0 Å². The van der Waals surface area contributed by atoms with Crippen LogP contribution in [0, 0.1) is 0 Å². The van der Waals surface area contributed by atoms with E-state index >= 15 is 0 Å². The highest BCUT2D eigenvalue weighted by atomic mass is 32.1. The van der Waals surface area contributed by atoms with Gasteiger partial charge in [0, 0.05) is 6.54 Å². The van der Waals surface area contributed by atoms with E-state index in [4.69, 9.17) is 26.4 Å². The van der Waals surface area contributed by atoms with E-state index in [0.717, 1.165) is 5.56 Å². The molecule has 0 bridgehead atoms. The first-order valence-corrected chi connectivity index (χ1v) is 8.29. The summed E-state index contributed by atoms with van der Waals surface area (Å²) in [7, 11) is 4.53. The van der Waals surface area contributed by atoms with Gasteiger partial charge in [0.05, 0.1) is 27.0 Å². The minimum absolute atomic E-state index is 0.393. The Hall–Kier alpha value is -2.32. The van der Waals surface area contributed by atoms with Crippen molar-refractivity contribution in [2.45, 2.75) is 6.54 Å². The normalized spacial score (nSPS) is 9.96. The van der Waals surface area contributed by atoms with E-state index in [1.165, 1.54) is 18.4 Å². The lowest BCUT2D eigenvalue weighted by Crippen LogP contribution is -2.28. The summed E-state index contributed by atoms with van der Waals surface area (Å²) in [6, 6.07) is 7.40. The van der Waals surface area contributed by atoms with Crippen LogP contribution in [0.25, 0.3) is 0 Å². The molecule has 8 heteroatoms. The molecule has 0 spiro atoms. The molecule has 2 rings (SSSR count). The maximum absolute atomic E-state index is 11.6. The van der Waals surface area contributed by atoms with Crippen LogP contribution in [-0.2, 0) is 11.3 Å². The first-order valence-electron chi connectivity index (χ1n) is 7.00. The molecular weight excluding hydrogens is 348 g/mol. The first-order chi connectivity index (χ1) is 11.6. The second kappa shape index (κ2) is 8.51. The average molecular weight is 366 g/mol. The van der Waals surface area contributed by atoms with Crippen LogP contribution in [0.15, 0.2) is 29.6 Å². The Balaban J connectivity index is 1.97. The number of anilines is 1. The van der Waals surface area contributed by atoms with Crippen LogP contribution in [-0.4, -0.2) is 32.4 Å². The number of ether oxygens (including phenoxy) is 3. The molecule has 24 heavy (non-hydrogen) atoms. The molecule has 1 aromatic heterocycles. The molecule has 0 aliphatic carbocycles. The van der Waals surface area contributed by atoms with Gasteiger partial charge < -0.3 is 24.8 Å². The molecule has 0 fully saturated rings. The average Bonchev–Trinajstić information content (AvgIpc) is 3.06. The number of hydrogen-bond donors (Lipinski definition) is 2. The third-order valence-electron chi connectivity index (χ3n) is 3.19. The summed E-state index contributed by atoms with van der Waals surface area (Å²) in [6.07, 6.45) is 0. The highest BCUT2D eigenvalue weighted by Gasteiger charge is 2.14. The van der Waals surface area contributed by atoms with Gasteiger partial charge in [0.1, 0.15) is 4.88 Å². The van der Waals surface area contributed by atoms with Crippen molar-refractivity contribution >= 4 is 40.3 Å². The number of carbonyl (C=O) groups excluding carboxylic acids is 1. The summed E-state index contributed by atoms with van der Waals surface area (Å²) < 4.78 is 15.2. The maximum atomic E-state index is 11.6. The van der Waals surface area contributed by atoms with E-state index < -0.39 is 5.97 Å². The molecule has 0 saturated carbocycles. The minimum Gasteiger partial charge on any atom is -0.493 e. The summed E-state index contributed by atoms with van der Waals surface area (Å²) in [5.74, 6) is 0.930. The molecule has 1 aromatic carbocycles. The first kappa shape index (κ1) is 18.0. The van der Waals surface area contributed by atoms with Crippen LogP contribution < -0.4 is 20.1 Å². The number of methoxy groups -OCH3 is 3. The Bertz CT molecular complexity index is 731. The molecule has 0 unspecified atom stereocenters. The number of thiocarbonyl (C=S) groups is 1. The fourth-order valence-electron chi connectivity index (χ4n) is 2.00. The predicted molar refractivity (Wildman–Crippen MR) is 98.3 cm³/mol. The largest absolute Gasteiger partial charge is 0.493 e. The standard InChI is InChI=1S/C16H18N2O4S2/c1-20-12-5-4-10(8-13(12)21-2)9-17-16(23)18-11-6-7-24-14(11)15(19)22-3/h4-8H,9H2,1-3H3,(H2,17,18,23). The van der Waals surface area contributed by atoms with Gasteiger partial charge in [-0.15, -0.1) is 11.3 Å². The zero-order valence-corrected chi connectivity index (χ0v) is 15.2. The smallest absolute Gasteiger partial charge is 0.350 e. The van der Waals surface area contributed by atoms with E-state index in [-0.39, 0.29) is 0 Å². The van der Waals surface area contributed by atoms with Crippen molar-refractivity contribution in [3.05, 3.63) is 40.1 Å². The molecule has 2 aromatic rings. The van der Waals surface area contributed by atoms with Crippen LogP contribution in [0.1, 0.15) is 15.2 Å². The Labute approximate surface area is 149 Å². The maximum Gasteiger partial charge on any atom is 0.350 e. The summed E-state index contributed by atoms with van der Waals surface area (Å²) in [5, 5.41) is 8.30. The summed E-state index contributed by atoms with van der Waals surface area (Å²) in [4.78, 5) is 12.1. The van der Waals surface area contributed by atoms with Crippen LogP contribution in [0.2, 0.25) is 0 Å². The number of benzene rings is 1. The Kier molecular flexibility index (Phi) is 6.39. The van der Waals surface area contributed by atoms with Crippen molar-refractivity contribution in [3.63, 3.8) is 0 Å². The van der Waals surface area contributed by atoms with Gasteiger partial charge in [0.2, 0.25) is 0 Å². The van der Waals surface area contributed by atoms with Gasteiger partial charge in [-0.1, -0.05) is 6.07 Å². The lowest BCUT2D eigenvalue weighted by molar-refractivity contribution is 0.0607. The molecule has 0 saturated heterocycles. The third-order valence-corrected chi connectivity index (χ3v) is 4.33. The van der Waals surface area contributed by atoms with Gasteiger partial charge in [0.15, 0.2) is 16.6 Å². The fraction of sp³-hybridized carbons (Fsp3) is 0.250. The van der Waals surface area contributed by atoms with Crippen molar-refractivity contribution in [1.82, 2.24) is 5.32 Å². The Morgan fingerprint density at radius 3 is 2.58 bits per heavy atom. The Morgan fingerprint density at radius 1 is 1.17 bits per heavy atom. The quantitative estimate of drug-likeness (QED) is 0.601. The van der Waals surface area contributed by atoms with Crippen molar-refractivity contribution in [1.29, 1.82) is 0 Å². The lowest BCUT2D eigenvalue weighted by atomic mass is 10.2. The molecule has 0 radical (unpaired) electrons. The molecule has 6 nitrogen and oxygen atoms in total. The molecule has 0 atom stereocenters. The van der Waals surface area contributed by atoms with Crippen molar-refractivity contribution in [2.24, 2.45) is 0 Å².